The summed E-state index contributed by atoms with van der Waals surface area (Å²) in [6.45, 7) is 0. The number of nitriles is 1. The number of carbonyl (C=O) groups excluding carboxylic acids is 1. The number of hydrogen-bond acceptors (Lipinski definition) is 3. The molecule has 1 aliphatic rings. The fraction of sp³-hybridized carbons (Fsp3) is 0.714. The van der Waals surface area contributed by atoms with Gasteiger partial charge in [-0.25, -0.2) is 0 Å². The molecule has 0 aromatic carbocycles. The van der Waals surface area contributed by atoms with Gasteiger partial charge >= 0.3 is 0 Å². The van der Waals surface area contributed by atoms with E-state index in [0.29, 0.717) is 0 Å². The normalized spacial score (nSPS) is 28.0. The molecule has 0 aliphatic heterocycles. The van der Waals surface area contributed by atoms with E-state index in [9.17, 15) is 4.79 Å². The average Bonchev–Trinajstić information content (AvgIpc) is 1.94. The van der Waals surface area contributed by atoms with E-state index in [1.54, 1.807) is 7.05 Å². The van der Waals surface area contributed by atoms with Crippen LogP contribution < -0.4 is 10.6 Å². The molecule has 0 unspecified atom stereocenters. The standard InChI is InChI=1S/C7H11N3O/c1-9-7(11)5-2-6(3-5)10-4-8/h5-6,10H,2-3H2,1H3,(H,9,11). The van der Waals surface area contributed by atoms with Crippen molar-refractivity contribution >= 4 is 5.91 Å². The molecule has 4 nitrogen and oxygen atoms in total. The molecule has 0 aromatic rings. The van der Waals surface area contributed by atoms with E-state index in [1.807, 2.05) is 6.19 Å². The Morgan fingerprint density at radius 3 is 2.73 bits per heavy atom. The molecule has 1 saturated carbocycles. The lowest BCUT2D eigenvalue weighted by molar-refractivity contribution is -0.127. The fourth-order valence-corrected chi connectivity index (χ4v) is 1.25. The molecule has 0 radical (unpaired) electrons. The lowest BCUT2D eigenvalue weighted by Crippen LogP contribution is -2.45. The number of carbonyl (C=O) groups is 1. The van der Waals surface area contributed by atoms with Crippen LogP contribution in [-0.2, 0) is 4.79 Å². The van der Waals surface area contributed by atoms with E-state index in [4.69, 9.17) is 5.26 Å². The van der Waals surface area contributed by atoms with Crippen LogP contribution in [-0.4, -0.2) is 19.0 Å². The highest BCUT2D eigenvalue weighted by molar-refractivity contribution is 5.79. The molecule has 0 spiro atoms. The molecule has 0 heterocycles. The first-order valence-electron chi connectivity index (χ1n) is 3.64. The summed E-state index contributed by atoms with van der Waals surface area (Å²) in [7, 11) is 1.63. The van der Waals surface area contributed by atoms with Gasteiger partial charge in [0.25, 0.3) is 0 Å². The predicted octanol–water partition coefficient (Wildman–Crippen LogP) is -0.418. The maximum absolute atomic E-state index is 10.9. The Bertz CT molecular complexity index is 190. The van der Waals surface area contributed by atoms with Crippen LogP contribution in [0.2, 0.25) is 0 Å². The molecule has 11 heavy (non-hydrogen) atoms. The van der Waals surface area contributed by atoms with E-state index in [-0.39, 0.29) is 17.9 Å². The van der Waals surface area contributed by atoms with Crippen molar-refractivity contribution in [3.63, 3.8) is 0 Å². The van der Waals surface area contributed by atoms with Gasteiger partial charge in [-0.3, -0.25) is 4.79 Å². The summed E-state index contributed by atoms with van der Waals surface area (Å²) in [5, 5.41) is 13.4. The second-order valence-electron chi connectivity index (χ2n) is 2.74. The second-order valence-corrected chi connectivity index (χ2v) is 2.74. The molecule has 2 N–H and O–H groups in total. The largest absolute Gasteiger partial charge is 0.359 e. The number of nitrogens with zero attached hydrogens (tertiary/aromatic N) is 1. The van der Waals surface area contributed by atoms with Crippen LogP contribution in [0.3, 0.4) is 0 Å². The van der Waals surface area contributed by atoms with Gasteiger partial charge in [0, 0.05) is 19.0 Å². The van der Waals surface area contributed by atoms with Crippen LogP contribution in [0.1, 0.15) is 12.8 Å². The molecule has 1 fully saturated rings. The number of hydrogen-bond donors (Lipinski definition) is 2. The van der Waals surface area contributed by atoms with Gasteiger partial charge in [0.2, 0.25) is 5.91 Å². The van der Waals surface area contributed by atoms with Crippen molar-refractivity contribution in [1.82, 2.24) is 10.6 Å². The Hall–Kier alpha value is -1.24. The molecule has 1 amide bonds. The zero-order valence-corrected chi connectivity index (χ0v) is 6.42. The van der Waals surface area contributed by atoms with Crippen LogP contribution in [0.5, 0.6) is 0 Å². The number of rotatable bonds is 2. The summed E-state index contributed by atoms with van der Waals surface area (Å²) in [6, 6.07) is 0.224. The summed E-state index contributed by atoms with van der Waals surface area (Å²) in [6.07, 6.45) is 3.44. The third kappa shape index (κ3) is 1.61. The Kier molecular flexibility index (Phi) is 2.32. The highest BCUT2D eigenvalue weighted by Gasteiger charge is 2.33. The van der Waals surface area contributed by atoms with Crippen molar-refractivity contribution in [1.29, 1.82) is 5.26 Å². The highest BCUT2D eigenvalue weighted by Crippen LogP contribution is 2.26. The van der Waals surface area contributed by atoms with Gasteiger partial charge < -0.3 is 10.6 Å². The Labute approximate surface area is 65.6 Å². The summed E-state index contributed by atoms with van der Waals surface area (Å²) in [4.78, 5) is 10.9. The lowest BCUT2D eigenvalue weighted by Gasteiger charge is -2.32. The van der Waals surface area contributed by atoms with Crippen LogP contribution in [0.25, 0.3) is 0 Å². The molecular weight excluding hydrogens is 142 g/mol. The summed E-state index contributed by atoms with van der Waals surface area (Å²) >= 11 is 0. The maximum Gasteiger partial charge on any atom is 0.223 e. The smallest absolute Gasteiger partial charge is 0.223 e. The summed E-state index contributed by atoms with van der Waals surface area (Å²) in [5.74, 6) is 0.201. The van der Waals surface area contributed by atoms with Crippen molar-refractivity contribution in [3.8, 4) is 6.19 Å². The van der Waals surface area contributed by atoms with E-state index in [2.05, 4.69) is 10.6 Å². The van der Waals surface area contributed by atoms with Crippen LogP contribution in [0, 0.1) is 17.4 Å². The van der Waals surface area contributed by atoms with Gasteiger partial charge in [-0.05, 0) is 12.8 Å². The molecule has 4 heteroatoms. The second kappa shape index (κ2) is 3.24. The minimum absolute atomic E-state index is 0.0842. The zero-order valence-electron chi connectivity index (χ0n) is 6.42. The topological polar surface area (TPSA) is 64.9 Å². The summed E-state index contributed by atoms with van der Waals surface area (Å²) in [5.41, 5.74) is 0. The van der Waals surface area contributed by atoms with Gasteiger partial charge in [0.15, 0.2) is 6.19 Å². The molecule has 60 valence electrons. The molecule has 0 aromatic heterocycles. The third-order valence-corrected chi connectivity index (χ3v) is 2.02. The quantitative estimate of drug-likeness (QED) is 0.418. The van der Waals surface area contributed by atoms with Crippen LogP contribution in [0.15, 0.2) is 0 Å². The van der Waals surface area contributed by atoms with E-state index in [0.717, 1.165) is 12.8 Å². The Morgan fingerprint density at radius 1 is 1.64 bits per heavy atom. The van der Waals surface area contributed by atoms with Gasteiger partial charge in [0.05, 0.1) is 0 Å². The fourth-order valence-electron chi connectivity index (χ4n) is 1.25. The Morgan fingerprint density at radius 2 is 2.27 bits per heavy atom. The Balaban J connectivity index is 2.20. The van der Waals surface area contributed by atoms with Crippen LogP contribution >= 0.6 is 0 Å². The highest BCUT2D eigenvalue weighted by atomic mass is 16.1. The van der Waals surface area contributed by atoms with E-state index >= 15 is 0 Å². The van der Waals surface area contributed by atoms with E-state index in [1.165, 1.54) is 0 Å². The first kappa shape index (κ1) is 7.86. The lowest BCUT2D eigenvalue weighted by atomic mass is 9.80. The van der Waals surface area contributed by atoms with Gasteiger partial charge in [0.1, 0.15) is 0 Å². The zero-order chi connectivity index (χ0) is 8.27. The van der Waals surface area contributed by atoms with Crippen molar-refractivity contribution in [2.24, 2.45) is 5.92 Å². The van der Waals surface area contributed by atoms with Gasteiger partial charge in [-0.1, -0.05) is 0 Å². The number of nitrogens with one attached hydrogen (secondary N) is 2. The molecule has 0 bridgehead atoms. The first-order chi connectivity index (χ1) is 5.27. The molecule has 0 atom stereocenters. The first-order valence-corrected chi connectivity index (χ1v) is 3.64. The molecular formula is C7H11N3O. The van der Waals surface area contributed by atoms with Crippen molar-refractivity contribution in [2.75, 3.05) is 7.05 Å². The maximum atomic E-state index is 10.9. The van der Waals surface area contributed by atoms with Gasteiger partial charge in [-0.2, -0.15) is 5.26 Å². The monoisotopic (exact) mass is 153 g/mol. The predicted molar refractivity (Wildman–Crippen MR) is 39.3 cm³/mol. The van der Waals surface area contributed by atoms with Crippen molar-refractivity contribution < 1.29 is 4.79 Å². The van der Waals surface area contributed by atoms with E-state index < -0.39 is 0 Å². The van der Waals surface area contributed by atoms with Crippen molar-refractivity contribution in [3.05, 3.63) is 0 Å². The molecule has 1 aliphatic carbocycles. The minimum Gasteiger partial charge on any atom is -0.359 e. The van der Waals surface area contributed by atoms with Crippen LogP contribution in [0.4, 0.5) is 0 Å². The van der Waals surface area contributed by atoms with Crippen molar-refractivity contribution in [2.45, 2.75) is 18.9 Å². The molecule has 1 rings (SSSR count). The van der Waals surface area contributed by atoms with Gasteiger partial charge in [-0.15, -0.1) is 0 Å². The third-order valence-electron chi connectivity index (χ3n) is 2.02. The summed E-state index contributed by atoms with van der Waals surface area (Å²) < 4.78 is 0. The minimum atomic E-state index is 0.0842. The SMILES string of the molecule is CNC(=O)C1CC(NC#N)C1. The molecule has 0 saturated heterocycles. The number of amides is 1. The average molecular weight is 153 g/mol.